The molecule has 1 saturated heterocycles. The summed E-state index contributed by atoms with van der Waals surface area (Å²) < 4.78 is 1.72. The predicted molar refractivity (Wildman–Crippen MR) is 80.1 cm³/mol. The van der Waals surface area contributed by atoms with Crippen molar-refractivity contribution in [1.82, 2.24) is 19.9 Å². The average Bonchev–Trinajstić information content (AvgIpc) is 2.94. The van der Waals surface area contributed by atoms with E-state index in [-0.39, 0.29) is 5.91 Å². The third-order valence-corrected chi connectivity index (χ3v) is 4.12. The number of likely N-dealkylation sites (tertiary alicyclic amines) is 1. The van der Waals surface area contributed by atoms with Crippen molar-refractivity contribution in [1.29, 1.82) is 0 Å². The number of rotatable bonds is 2. The first-order valence-corrected chi connectivity index (χ1v) is 7.36. The number of nitrogens with zero attached hydrogens (tertiary/aromatic N) is 4. The summed E-state index contributed by atoms with van der Waals surface area (Å²) in [5.41, 5.74) is 2.82. The standard InChI is InChI=1S/C16H20N4O/c1-12-6-3-4-8-14(12)16(21)20-9-5-7-13(10-20)15-11-19(2)18-17-15/h3-4,6,8,11,13H,5,7,9-10H2,1-2H3. The number of hydrogen-bond donors (Lipinski definition) is 0. The number of carbonyl (C=O) groups is 1. The summed E-state index contributed by atoms with van der Waals surface area (Å²) in [7, 11) is 1.87. The Bertz CT molecular complexity index is 649. The normalized spacial score (nSPS) is 18.8. The van der Waals surface area contributed by atoms with E-state index in [0.717, 1.165) is 42.8 Å². The summed E-state index contributed by atoms with van der Waals surface area (Å²) in [6, 6.07) is 7.77. The molecule has 2 heterocycles. The number of hydrogen-bond acceptors (Lipinski definition) is 3. The van der Waals surface area contributed by atoms with Gasteiger partial charge in [0.1, 0.15) is 0 Å². The molecule has 5 heteroatoms. The first-order chi connectivity index (χ1) is 10.1. The Morgan fingerprint density at radius 3 is 2.86 bits per heavy atom. The van der Waals surface area contributed by atoms with Crippen molar-refractivity contribution in [2.45, 2.75) is 25.7 Å². The number of carbonyl (C=O) groups excluding carboxylic acids is 1. The van der Waals surface area contributed by atoms with E-state index in [1.54, 1.807) is 4.68 Å². The van der Waals surface area contributed by atoms with Gasteiger partial charge in [-0.2, -0.15) is 0 Å². The van der Waals surface area contributed by atoms with Gasteiger partial charge in [0.25, 0.3) is 5.91 Å². The lowest BCUT2D eigenvalue weighted by Crippen LogP contribution is -2.39. The molecular formula is C16H20N4O. The molecule has 1 aromatic heterocycles. The Morgan fingerprint density at radius 1 is 1.33 bits per heavy atom. The van der Waals surface area contributed by atoms with Crippen LogP contribution in [-0.4, -0.2) is 38.9 Å². The van der Waals surface area contributed by atoms with E-state index in [1.807, 2.05) is 49.3 Å². The van der Waals surface area contributed by atoms with E-state index >= 15 is 0 Å². The maximum absolute atomic E-state index is 12.7. The summed E-state index contributed by atoms with van der Waals surface area (Å²) in [4.78, 5) is 14.6. The van der Waals surface area contributed by atoms with Crippen LogP contribution < -0.4 is 0 Å². The van der Waals surface area contributed by atoms with E-state index in [9.17, 15) is 4.79 Å². The van der Waals surface area contributed by atoms with Crippen molar-refractivity contribution < 1.29 is 4.79 Å². The van der Waals surface area contributed by atoms with E-state index in [4.69, 9.17) is 0 Å². The molecule has 1 unspecified atom stereocenters. The van der Waals surface area contributed by atoms with Gasteiger partial charge in [-0.1, -0.05) is 23.4 Å². The largest absolute Gasteiger partial charge is 0.338 e. The van der Waals surface area contributed by atoms with Gasteiger partial charge in [0.2, 0.25) is 0 Å². The minimum absolute atomic E-state index is 0.127. The molecule has 1 aliphatic heterocycles. The molecule has 0 N–H and O–H groups in total. The first-order valence-electron chi connectivity index (χ1n) is 7.36. The van der Waals surface area contributed by atoms with Crippen LogP contribution in [0.3, 0.4) is 0 Å². The highest BCUT2D eigenvalue weighted by Gasteiger charge is 2.27. The van der Waals surface area contributed by atoms with E-state index in [0.29, 0.717) is 5.92 Å². The summed E-state index contributed by atoms with van der Waals surface area (Å²) >= 11 is 0. The smallest absolute Gasteiger partial charge is 0.254 e. The van der Waals surface area contributed by atoms with Crippen LogP contribution in [0.4, 0.5) is 0 Å². The van der Waals surface area contributed by atoms with Crippen LogP contribution in [0, 0.1) is 6.92 Å². The van der Waals surface area contributed by atoms with Gasteiger partial charge in [0.15, 0.2) is 0 Å². The highest BCUT2D eigenvalue weighted by Crippen LogP contribution is 2.26. The van der Waals surface area contributed by atoms with Gasteiger partial charge in [0, 0.05) is 37.8 Å². The second-order valence-electron chi connectivity index (χ2n) is 5.72. The van der Waals surface area contributed by atoms with Gasteiger partial charge < -0.3 is 4.90 Å². The zero-order chi connectivity index (χ0) is 14.8. The molecule has 0 bridgehead atoms. The predicted octanol–water partition coefficient (Wildman–Crippen LogP) is 2.14. The molecule has 0 saturated carbocycles. The van der Waals surface area contributed by atoms with Crippen LogP contribution in [0.1, 0.15) is 40.4 Å². The lowest BCUT2D eigenvalue weighted by Gasteiger charge is -2.32. The molecule has 2 aromatic rings. The number of amides is 1. The third kappa shape index (κ3) is 2.82. The molecule has 1 aromatic carbocycles. The monoisotopic (exact) mass is 284 g/mol. The van der Waals surface area contributed by atoms with Crippen molar-refractivity contribution in [2.75, 3.05) is 13.1 Å². The molecule has 0 spiro atoms. The molecule has 1 atom stereocenters. The fraction of sp³-hybridized carbons (Fsp3) is 0.438. The minimum atomic E-state index is 0.127. The molecule has 1 fully saturated rings. The number of piperidine rings is 1. The Hall–Kier alpha value is -2.17. The van der Waals surface area contributed by atoms with Gasteiger partial charge in [-0.3, -0.25) is 9.48 Å². The van der Waals surface area contributed by atoms with Crippen LogP contribution in [0.5, 0.6) is 0 Å². The van der Waals surface area contributed by atoms with Crippen LogP contribution in [0.25, 0.3) is 0 Å². The molecule has 110 valence electrons. The Balaban J connectivity index is 1.77. The second-order valence-corrected chi connectivity index (χ2v) is 5.72. The molecule has 21 heavy (non-hydrogen) atoms. The van der Waals surface area contributed by atoms with Crippen LogP contribution in [-0.2, 0) is 7.05 Å². The van der Waals surface area contributed by atoms with Crippen LogP contribution >= 0.6 is 0 Å². The van der Waals surface area contributed by atoms with Gasteiger partial charge >= 0.3 is 0 Å². The van der Waals surface area contributed by atoms with Crippen molar-refractivity contribution in [3.63, 3.8) is 0 Å². The van der Waals surface area contributed by atoms with Crippen LogP contribution in [0.15, 0.2) is 30.5 Å². The lowest BCUT2D eigenvalue weighted by atomic mass is 9.94. The quantitative estimate of drug-likeness (QED) is 0.849. The fourth-order valence-electron chi connectivity index (χ4n) is 2.94. The molecule has 1 aliphatic rings. The molecule has 0 radical (unpaired) electrons. The highest BCUT2D eigenvalue weighted by atomic mass is 16.2. The van der Waals surface area contributed by atoms with Crippen molar-refractivity contribution in [2.24, 2.45) is 7.05 Å². The fourth-order valence-corrected chi connectivity index (χ4v) is 2.94. The SMILES string of the molecule is Cc1ccccc1C(=O)N1CCCC(c2cn(C)nn2)C1. The Labute approximate surface area is 124 Å². The Morgan fingerprint density at radius 2 is 2.14 bits per heavy atom. The first kappa shape index (κ1) is 13.8. The second kappa shape index (κ2) is 5.68. The van der Waals surface area contributed by atoms with E-state index in [1.165, 1.54) is 0 Å². The zero-order valence-electron chi connectivity index (χ0n) is 12.5. The summed E-state index contributed by atoms with van der Waals surface area (Å²) in [5, 5.41) is 8.20. The molecule has 1 amide bonds. The Kier molecular flexibility index (Phi) is 3.73. The minimum Gasteiger partial charge on any atom is -0.338 e. The molecule has 0 aliphatic carbocycles. The lowest BCUT2D eigenvalue weighted by molar-refractivity contribution is 0.0705. The number of benzene rings is 1. The summed E-state index contributed by atoms with van der Waals surface area (Å²) in [6.07, 6.45) is 4.03. The highest BCUT2D eigenvalue weighted by molar-refractivity contribution is 5.95. The van der Waals surface area contributed by atoms with Crippen molar-refractivity contribution in [3.05, 3.63) is 47.3 Å². The van der Waals surface area contributed by atoms with E-state index < -0.39 is 0 Å². The van der Waals surface area contributed by atoms with Gasteiger partial charge in [-0.05, 0) is 31.4 Å². The maximum atomic E-state index is 12.7. The van der Waals surface area contributed by atoms with Gasteiger partial charge in [-0.15, -0.1) is 5.10 Å². The van der Waals surface area contributed by atoms with Crippen molar-refractivity contribution in [3.8, 4) is 0 Å². The summed E-state index contributed by atoms with van der Waals surface area (Å²) in [5.74, 6) is 0.419. The molecule has 3 rings (SSSR count). The van der Waals surface area contributed by atoms with Crippen molar-refractivity contribution >= 4 is 5.91 Å². The molecule has 5 nitrogen and oxygen atoms in total. The maximum Gasteiger partial charge on any atom is 0.254 e. The van der Waals surface area contributed by atoms with Gasteiger partial charge in [-0.25, -0.2) is 0 Å². The molecular weight excluding hydrogens is 264 g/mol. The number of aryl methyl sites for hydroxylation is 2. The topological polar surface area (TPSA) is 51.0 Å². The zero-order valence-corrected chi connectivity index (χ0v) is 12.5. The van der Waals surface area contributed by atoms with Crippen LogP contribution in [0.2, 0.25) is 0 Å². The third-order valence-electron chi connectivity index (χ3n) is 4.12. The average molecular weight is 284 g/mol. The van der Waals surface area contributed by atoms with Gasteiger partial charge in [0.05, 0.1) is 5.69 Å². The summed E-state index contributed by atoms with van der Waals surface area (Å²) in [6.45, 7) is 3.53. The number of aromatic nitrogens is 3. The van der Waals surface area contributed by atoms with E-state index in [2.05, 4.69) is 10.3 Å².